The van der Waals surface area contributed by atoms with Crippen molar-refractivity contribution in [3.8, 4) is 0 Å². The molecule has 0 fully saturated rings. The Labute approximate surface area is 127 Å². The molecule has 1 heterocycles. The summed E-state index contributed by atoms with van der Waals surface area (Å²) >= 11 is 13.1. The van der Waals surface area contributed by atoms with Crippen molar-refractivity contribution in [2.24, 2.45) is 0 Å². The lowest BCUT2D eigenvalue weighted by Crippen LogP contribution is -1.84. The van der Waals surface area contributed by atoms with E-state index in [4.69, 9.17) is 23.2 Å². The van der Waals surface area contributed by atoms with Gasteiger partial charge in [-0.1, -0.05) is 66.2 Å². The Bertz CT molecular complexity index is 477. The second-order valence-electron chi connectivity index (χ2n) is 3.61. The predicted octanol–water partition coefficient (Wildman–Crippen LogP) is 4.99. The van der Waals surface area contributed by atoms with E-state index in [0.29, 0.717) is 10.3 Å². The van der Waals surface area contributed by atoms with Gasteiger partial charge < -0.3 is 4.98 Å². The zero-order valence-corrected chi connectivity index (χ0v) is 12.9. The molecule has 0 aliphatic rings. The van der Waals surface area contributed by atoms with Crippen LogP contribution in [0.15, 0.2) is 29.4 Å². The van der Waals surface area contributed by atoms with Gasteiger partial charge in [0.15, 0.2) is 10.3 Å². The number of thioether (sulfide) groups is 1. The first-order valence-corrected chi connectivity index (χ1v) is 7.05. The zero-order chi connectivity index (χ0) is 12.3. The average Bonchev–Trinajstić information content (AvgIpc) is 2.67. The molecule has 98 valence electrons. The van der Waals surface area contributed by atoms with Crippen LogP contribution in [0, 0.1) is 0 Å². The number of hydrogen-bond donors (Lipinski definition) is 1. The molecule has 0 unspecified atom stereocenters. The van der Waals surface area contributed by atoms with Gasteiger partial charge in [-0.25, -0.2) is 4.98 Å². The molecule has 0 spiro atoms. The van der Waals surface area contributed by atoms with E-state index in [9.17, 15) is 0 Å². The average molecular weight is 324 g/mol. The van der Waals surface area contributed by atoms with E-state index in [1.54, 1.807) is 11.8 Å². The smallest absolute Gasteiger partial charge is 0.168 e. The Hall–Kier alpha value is -0.350. The van der Waals surface area contributed by atoms with Crippen molar-refractivity contribution < 1.29 is 0 Å². The summed E-state index contributed by atoms with van der Waals surface area (Å²) in [5.41, 5.74) is 2.61. The number of nitrogens with zero attached hydrogens (tertiary/aromatic N) is 1. The van der Waals surface area contributed by atoms with E-state index in [1.165, 1.54) is 11.1 Å². The standard InChI is InChI=1S/C12H12Cl2N2S.ClH/c1-2-8-3-5-9(6-4-8)7-17-12-15-10(13)11(14)16-12;/h3-6H,2,7H2,1H3,(H,15,16);1H. The fourth-order valence-corrected chi connectivity index (χ4v) is 2.60. The van der Waals surface area contributed by atoms with Gasteiger partial charge >= 0.3 is 0 Å². The minimum Gasteiger partial charge on any atom is -0.323 e. The second kappa shape index (κ2) is 7.29. The molecular formula is C12H13Cl3N2S. The van der Waals surface area contributed by atoms with Crippen molar-refractivity contribution in [3.05, 3.63) is 45.7 Å². The SMILES string of the molecule is CCc1ccc(CSc2nc(Cl)c(Cl)[nH]2)cc1.Cl. The third-order valence-corrected chi connectivity index (χ3v) is 3.99. The molecule has 18 heavy (non-hydrogen) atoms. The molecule has 0 aliphatic heterocycles. The van der Waals surface area contributed by atoms with Crippen LogP contribution in [0.2, 0.25) is 10.3 Å². The maximum Gasteiger partial charge on any atom is 0.168 e. The Kier molecular flexibility index (Phi) is 6.36. The monoisotopic (exact) mass is 322 g/mol. The largest absolute Gasteiger partial charge is 0.323 e. The molecule has 0 bridgehead atoms. The number of rotatable bonds is 4. The molecule has 2 rings (SSSR count). The molecule has 0 saturated carbocycles. The Morgan fingerprint density at radius 1 is 1.17 bits per heavy atom. The van der Waals surface area contributed by atoms with Crippen molar-refractivity contribution in [1.29, 1.82) is 0 Å². The summed E-state index contributed by atoms with van der Waals surface area (Å²) in [4.78, 5) is 7.02. The summed E-state index contributed by atoms with van der Waals surface area (Å²) in [5, 5.41) is 1.48. The maximum absolute atomic E-state index is 5.79. The van der Waals surface area contributed by atoms with E-state index in [-0.39, 0.29) is 12.4 Å². The number of H-pyrrole nitrogens is 1. The summed E-state index contributed by atoms with van der Waals surface area (Å²) in [6.45, 7) is 2.15. The van der Waals surface area contributed by atoms with Crippen molar-refractivity contribution in [1.82, 2.24) is 9.97 Å². The van der Waals surface area contributed by atoms with Crippen LogP contribution in [0.4, 0.5) is 0 Å². The van der Waals surface area contributed by atoms with Crippen LogP contribution in [-0.4, -0.2) is 9.97 Å². The second-order valence-corrected chi connectivity index (χ2v) is 5.31. The Balaban J connectivity index is 0.00000162. The van der Waals surface area contributed by atoms with Gasteiger partial charge in [0.05, 0.1) is 0 Å². The van der Waals surface area contributed by atoms with Gasteiger partial charge in [0.2, 0.25) is 0 Å². The fraction of sp³-hybridized carbons (Fsp3) is 0.250. The molecule has 0 radical (unpaired) electrons. The van der Waals surface area contributed by atoms with E-state index in [2.05, 4.69) is 41.2 Å². The highest BCUT2D eigenvalue weighted by atomic mass is 35.5. The zero-order valence-electron chi connectivity index (χ0n) is 9.74. The van der Waals surface area contributed by atoms with Crippen molar-refractivity contribution in [2.75, 3.05) is 0 Å². The highest BCUT2D eigenvalue weighted by Gasteiger charge is 2.06. The molecule has 0 amide bonds. The lowest BCUT2D eigenvalue weighted by Gasteiger charge is -2.01. The summed E-state index contributed by atoms with van der Waals surface area (Å²) in [6.07, 6.45) is 1.07. The molecular weight excluding hydrogens is 311 g/mol. The van der Waals surface area contributed by atoms with Crippen molar-refractivity contribution in [3.63, 3.8) is 0 Å². The number of imidazole rings is 1. The van der Waals surface area contributed by atoms with Gasteiger partial charge in [-0.15, -0.1) is 12.4 Å². The first kappa shape index (κ1) is 15.7. The molecule has 1 N–H and O–H groups in total. The van der Waals surface area contributed by atoms with E-state index < -0.39 is 0 Å². The van der Waals surface area contributed by atoms with Crippen LogP contribution >= 0.6 is 47.4 Å². The molecule has 0 atom stereocenters. The van der Waals surface area contributed by atoms with Crippen molar-refractivity contribution >= 4 is 47.4 Å². The summed E-state index contributed by atoms with van der Waals surface area (Å²) in [6, 6.07) is 8.58. The molecule has 0 saturated heterocycles. The van der Waals surface area contributed by atoms with Crippen LogP contribution < -0.4 is 0 Å². The van der Waals surface area contributed by atoms with Crippen molar-refractivity contribution in [2.45, 2.75) is 24.3 Å². The minimum atomic E-state index is 0. The minimum absolute atomic E-state index is 0. The van der Waals surface area contributed by atoms with Crippen LogP contribution in [0.3, 0.4) is 0 Å². The molecule has 6 heteroatoms. The lowest BCUT2D eigenvalue weighted by atomic mass is 10.1. The van der Waals surface area contributed by atoms with Crippen LogP contribution in [0.1, 0.15) is 18.1 Å². The number of aromatic nitrogens is 2. The molecule has 2 aromatic rings. The van der Waals surface area contributed by atoms with Gasteiger partial charge in [-0.05, 0) is 17.5 Å². The Morgan fingerprint density at radius 2 is 1.78 bits per heavy atom. The van der Waals surface area contributed by atoms with Gasteiger partial charge in [0.25, 0.3) is 0 Å². The molecule has 0 aliphatic carbocycles. The lowest BCUT2D eigenvalue weighted by molar-refractivity contribution is 1.06. The van der Waals surface area contributed by atoms with E-state index in [0.717, 1.165) is 17.3 Å². The summed E-state index contributed by atoms with van der Waals surface area (Å²) < 4.78 is 0. The molecule has 2 nitrogen and oxygen atoms in total. The van der Waals surface area contributed by atoms with E-state index in [1.807, 2.05) is 0 Å². The third kappa shape index (κ3) is 4.09. The number of hydrogen-bond acceptors (Lipinski definition) is 2. The maximum atomic E-state index is 5.79. The topological polar surface area (TPSA) is 28.7 Å². The third-order valence-electron chi connectivity index (χ3n) is 2.40. The van der Waals surface area contributed by atoms with Crippen LogP contribution in [-0.2, 0) is 12.2 Å². The number of halogens is 3. The number of aryl methyl sites for hydroxylation is 1. The van der Waals surface area contributed by atoms with Crippen LogP contribution in [0.5, 0.6) is 0 Å². The summed E-state index contributed by atoms with van der Waals surface area (Å²) in [7, 11) is 0. The number of aromatic amines is 1. The summed E-state index contributed by atoms with van der Waals surface area (Å²) in [5.74, 6) is 0.851. The highest BCUT2D eigenvalue weighted by molar-refractivity contribution is 7.98. The Morgan fingerprint density at radius 3 is 2.28 bits per heavy atom. The molecule has 1 aromatic carbocycles. The molecule has 1 aromatic heterocycles. The number of nitrogens with one attached hydrogen (secondary N) is 1. The normalized spacial score (nSPS) is 10.2. The predicted molar refractivity (Wildman–Crippen MR) is 81.2 cm³/mol. The fourth-order valence-electron chi connectivity index (χ4n) is 1.40. The van der Waals surface area contributed by atoms with Gasteiger partial charge in [-0.3, -0.25) is 0 Å². The highest BCUT2D eigenvalue weighted by Crippen LogP contribution is 2.26. The van der Waals surface area contributed by atoms with Gasteiger partial charge in [0.1, 0.15) is 5.15 Å². The van der Waals surface area contributed by atoms with Gasteiger partial charge in [-0.2, -0.15) is 0 Å². The van der Waals surface area contributed by atoms with Crippen LogP contribution in [0.25, 0.3) is 0 Å². The quantitative estimate of drug-likeness (QED) is 0.803. The van der Waals surface area contributed by atoms with E-state index >= 15 is 0 Å². The van der Waals surface area contributed by atoms with Gasteiger partial charge in [0, 0.05) is 5.75 Å². The first-order chi connectivity index (χ1) is 8.19. The number of benzene rings is 1. The first-order valence-electron chi connectivity index (χ1n) is 5.30.